The van der Waals surface area contributed by atoms with E-state index in [2.05, 4.69) is 4.72 Å². The monoisotopic (exact) mass is 411 g/mol. The van der Waals surface area contributed by atoms with Crippen molar-refractivity contribution in [3.63, 3.8) is 0 Å². The lowest BCUT2D eigenvalue weighted by molar-refractivity contribution is -0.142. The maximum atomic E-state index is 12.3. The Hall–Kier alpha value is -3.16. The van der Waals surface area contributed by atoms with Gasteiger partial charge in [0.05, 0.1) is 17.7 Å². The van der Waals surface area contributed by atoms with E-state index in [0.717, 1.165) is 5.56 Å². The fourth-order valence-corrected chi connectivity index (χ4v) is 3.58. The Morgan fingerprint density at radius 1 is 1.07 bits per heavy atom. The van der Waals surface area contributed by atoms with Crippen molar-refractivity contribution in [1.82, 2.24) is 4.72 Å². The van der Waals surface area contributed by atoms with E-state index in [-0.39, 0.29) is 17.5 Å². The largest absolute Gasteiger partial charge is 0.468 e. The van der Waals surface area contributed by atoms with E-state index >= 15 is 0 Å². The highest BCUT2D eigenvalue weighted by Crippen LogP contribution is 2.17. The van der Waals surface area contributed by atoms with Crippen LogP contribution in [0.15, 0.2) is 88.4 Å². The molecule has 0 aliphatic carbocycles. The Morgan fingerprint density at radius 3 is 2.45 bits per heavy atom. The molecular weight excluding hydrogens is 390 g/mol. The summed E-state index contributed by atoms with van der Waals surface area (Å²) in [6.07, 6.45) is 4.02. The third-order valence-corrected chi connectivity index (χ3v) is 5.60. The number of sulfonamides is 1. The summed E-state index contributed by atoms with van der Waals surface area (Å²) in [5.41, 5.74) is 1.59. The molecule has 0 saturated carbocycles. The zero-order valence-electron chi connectivity index (χ0n) is 15.8. The Kier molecular flexibility index (Phi) is 6.64. The number of rotatable bonds is 8. The summed E-state index contributed by atoms with van der Waals surface area (Å²) in [7, 11) is -3.66. The van der Waals surface area contributed by atoms with Gasteiger partial charge in [-0.15, -0.1) is 0 Å². The highest BCUT2D eigenvalue weighted by atomic mass is 32.2. The summed E-state index contributed by atoms with van der Waals surface area (Å²) in [6, 6.07) is 19.0. The van der Waals surface area contributed by atoms with E-state index in [1.54, 1.807) is 37.3 Å². The molecule has 3 aromatic rings. The molecule has 0 aliphatic heterocycles. The summed E-state index contributed by atoms with van der Waals surface area (Å²) in [6.45, 7) is 1.87. The third kappa shape index (κ3) is 5.91. The number of nitrogens with one attached hydrogen (secondary N) is 1. The molecule has 150 valence electrons. The van der Waals surface area contributed by atoms with Crippen LogP contribution in [0.2, 0.25) is 0 Å². The minimum atomic E-state index is -3.66. The van der Waals surface area contributed by atoms with Crippen molar-refractivity contribution in [3.8, 4) is 0 Å². The van der Waals surface area contributed by atoms with Crippen molar-refractivity contribution in [2.45, 2.75) is 24.5 Å². The Bertz CT molecular complexity index is 1060. The molecule has 0 spiro atoms. The first-order valence-electron chi connectivity index (χ1n) is 9.00. The molecule has 3 rings (SSSR count). The van der Waals surface area contributed by atoms with E-state index in [0.29, 0.717) is 11.3 Å². The molecular formula is C22H21NO5S. The first-order valence-corrected chi connectivity index (χ1v) is 10.5. The molecule has 0 amide bonds. The van der Waals surface area contributed by atoms with Crippen LogP contribution in [0.5, 0.6) is 0 Å². The van der Waals surface area contributed by atoms with Gasteiger partial charge in [-0.3, -0.25) is 0 Å². The molecule has 1 heterocycles. The van der Waals surface area contributed by atoms with Gasteiger partial charge in [0.25, 0.3) is 0 Å². The second-order valence-electron chi connectivity index (χ2n) is 6.30. The van der Waals surface area contributed by atoms with E-state index < -0.39 is 16.0 Å². The van der Waals surface area contributed by atoms with Gasteiger partial charge in [0.1, 0.15) is 11.9 Å². The lowest BCUT2D eigenvalue weighted by Gasteiger charge is -2.11. The molecule has 1 N–H and O–H groups in total. The van der Waals surface area contributed by atoms with Crippen LogP contribution in [0.1, 0.15) is 29.9 Å². The van der Waals surface area contributed by atoms with Gasteiger partial charge < -0.3 is 9.15 Å². The number of hydrogen-bond acceptors (Lipinski definition) is 5. The lowest BCUT2D eigenvalue weighted by Crippen LogP contribution is -2.22. The van der Waals surface area contributed by atoms with Gasteiger partial charge in [-0.2, -0.15) is 0 Å². The van der Waals surface area contributed by atoms with Gasteiger partial charge in [-0.1, -0.05) is 42.5 Å². The molecule has 7 heteroatoms. The summed E-state index contributed by atoms with van der Waals surface area (Å²) < 4.78 is 37.6. The van der Waals surface area contributed by atoms with Crippen molar-refractivity contribution in [1.29, 1.82) is 0 Å². The van der Waals surface area contributed by atoms with E-state index in [1.165, 1.54) is 24.5 Å². The highest BCUT2D eigenvalue weighted by molar-refractivity contribution is 7.89. The van der Waals surface area contributed by atoms with Crippen molar-refractivity contribution in [3.05, 3.63) is 96.0 Å². The molecule has 1 atom stereocenters. The Labute approximate surface area is 169 Å². The number of esters is 1. The van der Waals surface area contributed by atoms with Crippen molar-refractivity contribution in [2.24, 2.45) is 0 Å². The molecule has 0 aliphatic rings. The van der Waals surface area contributed by atoms with Crippen molar-refractivity contribution in [2.75, 3.05) is 0 Å². The molecule has 1 aromatic heterocycles. The number of benzene rings is 2. The van der Waals surface area contributed by atoms with Gasteiger partial charge in [0, 0.05) is 6.08 Å². The minimum Gasteiger partial charge on any atom is -0.468 e. The van der Waals surface area contributed by atoms with Gasteiger partial charge in [-0.05, 0) is 48.4 Å². The fourth-order valence-electron chi connectivity index (χ4n) is 2.59. The van der Waals surface area contributed by atoms with Gasteiger partial charge >= 0.3 is 5.97 Å². The zero-order valence-corrected chi connectivity index (χ0v) is 16.6. The normalized spacial score (nSPS) is 12.7. The Morgan fingerprint density at radius 2 is 1.79 bits per heavy atom. The topological polar surface area (TPSA) is 85.6 Å². The van der Waals surface area contributed by atoms with Crippen LogP contribution in [0, 0.1) is 0 Å². The smallest absolute Gasteiger partial charge is 0.331 e. The van der Waals surface area contributed by atoms with E-state index in [9.17, 15) is 13.2 Å². The van der Waals surface area contributed by atoms with Crippen molar-refractivity contribution < 1.29 is 22.4 Å². The molecule has 29 heavy (non-hydrogen) atoms. The maximum absolute atomic E-state index is 12.3. The van der Waals surface area contributed by atoms with Gasteiger partial charge in [-0.25, -0.2) is 17.9 Å². The standard InChI is InChI=1S/C22H21NO5S/c1-17(19-6-3-2-4-7-19)28-22(24)14-11-18-9-12-21(13-10-18)29(25,26)23-16-20-8-5-15-27-20/h2-15,17,23H,16H2,1H3/b14-11+/t17-/m1/s1. The summed E-state index contributed by atoms with van der Waals surface area (Å²) >= 11 is 0. The first-order chi connectivity index (χ1) is 13.9. The Balaban J connectivity index is 1.57. The quantitative estimate of drug-likeness (QED) is 0.446. The summed E-state index contributed by atoms with van der Waals surface area (Å²) in [4.78, 5) is 12.1. The van der Waals surface area contributed by atoms with Crippen LogP contribution in [-0.4, -0.2) is 14.4 Å². The van der Waals surface area contributed by atoms with E-state index in [4.69, 9.17) is 9.15 Å². The maximum Gasteiger partial charge on any atom is 0.331 e. The average Bonchev–Trinajstić information content (AvgIpc) is 3.25. The molecule has 2 aromatic carbocycles. The second kappa shape index (κ2) is 9.36. The van der Waals surface area contributed by atoms with Crippen LogP contribution in [0.3, 0.4) is 0 Å². The lowest BCUT2D eigenvalue weighted by atomic mass is 10.1. The second-order valence-corrected chi connectivity index (χ2v) is 8.06. The molecule has 6 nitrogen and oxygen atoms in total. The average molecular weight is 411 g/mol. The van der Waals surface area contributed by atoms with Crippen molar-refractivity contribution >= 4 is 22.1 Å². The molecule has 0 unspecified atom stereocenters. The van der Waals surface area contributed by atoms with E-state index in [1.807, 2.05) is 30.3 Å². The number of carbonyl (C=O) groups is 1. The predicted octanol–water partition coefficient (Wildman–Crippen LogP) is 4.08. The number of carbonyl (C=O) groups excluding carboxylic acids is 1. The SMILES string of the molecule is C[C@@H](OC(=O)/C=C/c1ccc(S(=O)(=O)NCc2ccco2)cc1)c1ccccc1. The number of hydrogen-bond donors (Lipinski definition) is 1. The minimum absolute atomic E-state index is 0.0719. The number of ether oxygens (including phenoxy) is 1. The van der Waals surface area contributed by atoms with Crippen LogP contribution in [0.25, 0.3) is 6.08 Å². The van der Waals surface area contributed by atoms with Crippen LogP contribution in [0.4, 0.5) is 0 Å². The predicted molar refractivity (Wildman–Crippen MR) is 109 cm³/mol. The summed E-state index contributed by atoms with van der Waals surface area (Å²) in [5, 5.41) is 0. The number of furan rings is 1. The van der Waals surface area contributed by atoms with Gasteiger partial charge in [0.15, 0.2) is 0 Å². The van der Waals surface area contributed by atoms with Crippen LogP contribution in [-0.2, 0) is 26.1 Å². The third-order valence-electron chi connectivity index (χ3n) is 4.18. The fraction of sp³-hybridized carbons (Fsp3) is 0.136. The van der Waals surface area contributed by atoms with Gasteiger partial charge in [0.2, 0.25) is 10.0 Å². The summed E-state index contributed by atoms with van der Waals surface area (Å²) in [5.74, 6) is 0.0505. The zero-order chi connectivity index (χ0) is 20.7. The highest BCUT2D eigenvalue weighted by Gasteiger charge is 2.14. The van der Waals surface area contributed by atoms with Crippen LogP contribution < -0.4 is 4.72 Å². The van der Waals surface area contributed by atoms with Crippen LogP contribution >= 0.6 is 0 Å². The molecule has 0 bridgehead atoms. The molecule has 0 saturated heterocycles. The molecule has 0 radical (unpaired) electrons. The first kappa shape index (κ1) is 20.6. The molecule has 0 fully saturated rings.